The van der Waals surface area contributed by atoms with Crippen LogP contribution < -0.4 is 4.74 Å². The smallest absolute Gasteiger partial charge is 0.236 e. The summed E-state index contributed by atoms with van der Waals surface area (Å²) in [6.45, 7) is 7.79. The molecule has 1 unspecified atom stereocenters. The lowest BCUT2D eigenvalue weighted by Crippen LogP contribution is -2.45. The summed E-state index contributed by atoms with van der Waals surface area (Å²) in [5.74, 6) is 0.948. The van der Waals surface area contributed by atoms with E-state index in [-0.39, 0.29) is 12.0 Å². The van der Waals surface area contributed by atoms with Gasteiger partial charge in [-0.3, -0.25) is 19.7 Å². The van der Waals surface area contributed by atoms with Crippen molar-refractivity contribution in [3.05, 3.63) is 42.4 Å². The van der Waals surface area contributed by atoms with Crippen LogP contribution in [0.15, 0.2) is 36.7 Å². The van der Waals surface area contributed by atoms with Gasteiger partial charge in [0.25, 0.3) is 0 Å². The summed E-state index contributed by atoms with van der Waals surface area (Å²) in [7, 11) is 1.65. The summed E-state index contributed by atoms with van der Waals surface area (Å²) < 4.78 is 11.2. The van der Waals surface area contributed by atoms with Crippen LogP contribution in [0.3, 0.4) is 0 Å². The van der Waals surface area contributed by atoms with E-state index in [1.807, 2.05) is 43.0 Å². The zero-order valence-electron chi connectivity index (χ0n) is 16.8. The van der Waals surface area contributed by atoms with Crippen LogP contribution in [0, 0.1) is 0 Å². The predicted molar refractivity (Wildman–Crippen MR) is 107 cm³/mol. The number of methoxy groups -OCH3 is 1. The second-order valence-corrected chi connectivity index (χ2v) is 6.68. The Bertz CT molecular complexity index is 777. The number of ether oxygens (including phenoxy) is 2. The number of hydrogen-bond acceptors (Lipinski definition) is 6. The van der Waals surface area contributed by atoms with Gasteiger partial charge >= 0.3 is 0 Å². The van der Waals surface area contributed by atoms with Crippen molar-refractivity contribution >= 4 is 5.91 Å². The van der Waals surface area contributed by atoms with Gasteiger partial charge in [0, 0.05) is 44.1 Å². The van der Waals surface area contributed by atoms with Crippen molar-refractivity contribution in [2.45, 2.75) is 20.0 Å². The molecule has 1 aromatic carbocycles. The van der Waals surface area contributed by atoms with E-state index in [0.29, 0.717) is 19.7 Å². The first kappa shape index (κ1) is 20.2. The number of likely N-dealkylation sites (N-methyl/N-ethyl adjacent to an activating group) is 1. The normalized spacial score (nSPS) is 17.3. The highest BCUT2D eigenvalue weighted by Gasteiger charge is 2.28. The third-order valence-corrected chi connectivity index (χ3v) is 5.02. The van der Waals surface area contributed by atoms with Crippen LogP contribution in [0.2, 0.25) is 0 Å². The number of amides is 1. The Labute approximate surface area is 166 Å². The molecule has 1 saturated heterocycles. The van der Waals surface area contributed by atoms with Gasteiger partial charge in [0.1, 0.15) is 11.9 Å². The molecule has 3 rings (SSSR count). The minimum Gasteiger partial charge on any atom is -0.497 e. The molecule has 1 atom stereocenters. The van der Waals surface area contributed by atoms with Crippen molar-refractivity contribution in [1.82, 2.24) is 19.8 Å². The van der Waals surface area contributed by atoms with Gasteiger partial charge in [-0.1, -0.05) is 0 Å². The van der Waals surface area contributed by atoms with E-state index >= 15 is 0 Å². The minimum absolute atomic E-state index is 0.153. The molecule has 1 fully saturated rings. The maximum absolute atomic E-state index is 12.5. The van der Waals surface area contributed by atoms with Gasteiger partial charge in [-0.25, -0.2) is 0 Å². The minimum atomic E-state index is -0.218. The molecule has 0 saturated carbocycles. The largest absolute Gasteiger partial charge is 0.497 e. The Morgan fingerprint density at radius 2 is 1.93 bits per heavy atom. The van der Waals surface area contributed by atoms with Crippen molar-refractivity contribution in [3.63, 3.8) is 0 Å². The standard InChI is InChI=1S/C21H28N4O3/c1-4-25(5-2)19(26)15-24-12-13-28-18(14-24)21-20(22-10-11-23-21)16-6-8-17(27-3)9-7-16/h6-11,18H,4-5,12-15H2,1-3H3. The fraction of sp³-hybridized carbons (Fsp3) is 0.476. The summed E-state index contributed by atoms with van der Waals surface area (Å²) in [6, 6.07) is 7.75. The Morgan fingerprint density at radius 1 is 1.21 bits per heavy atom. The molecule has 2 heterocycles. The maximum Gasteiger partial charge on any atom is 0.236 e. The SMILES string of the molecule is CCN(CC)C(=O)CN1CCOC(c2nccnc2-c2ccc(OC)cc2)C1. The fourth-order valence-electron chi connectivity index (χ4n) is 3.43. The van der Waals surface area contributed by atoms with Crippen LogP contribution in [0.5, 0.6) is 5.75 Å². The number of nitrogens with zero attached hydrogens (tertiary/aromatic N) is 4. The highest BCUT2D eigenvalue weighted by molar-refractivity contribution is 5.78. The van der Waals surface area contributed by atoms with Crippen LogP contribution >= 0.6 is 0 Å². The molecule has 1 aliphatic rings. The molecule has 28 heavy (non-hydrogen) atoms. The first-order valence-electron chi connectivity index (χ1n) is 9.73. The molecule has 7 nitrogen and oxygen atoms in total. The molecule has 7 heteroatoms. The number of carbonyl (C=O) groups is 1. The lowest BCUT2D eigenvalue weighted by Gasteiger charge is -2.33. The average molecular weight is 384 g/mol. The zero-order valence-corrected chi connectivity index (χ0v) is 16.8. The second-order valence-electron chi connectivity index (χ2n) is 6.68. The topological polar surface area (TPSA) is 67.8 Å². The molecule has 2 aromatic rings. The van der Waals surface area contributed by atoms with Crippen molar-refractivity contribution in [1.29, 1.82) is 0 Å². The van der Waals surface area contributed by atoms with Crippen LogP contribution in [0.1, 0.15) is 25.6 Å². The van der Waals surface area contributed by atoms with Crippen molar-refractivity contribution in [3.8, 4) is 17.0 Å². The van der Waals surface area contributed by atoms with E-state index in [1.54, 1.807) is 19.5 Å². The first-order valence-corrected chi connectivity index (χ1v) is 9.73. The summed E-state index contributed by atoms with van der Waals surface area (Å²) >= 11 is 0. The van der Waals surface area contributed by atoms with Gasteiger partial charge in [-0.2, -0.15) is 0 Å². The summed E-state index contributed by atoms with van der Waals surface area (Å²) in [6.07, 6.45) is 3.16. The molecule has 150 valence electrons. The number of hydrogen-bond donors (Lipinski definition) is 0. The molecule has 1 amide bonds. The summed E-state index contributed by atoms with van der Waals surface area (Å²) in [5.41, 5.74) is 2.56. The number of benzene rings is 1. The molecule has 0 bridgehead atoms. The number of morpholine rings is 1. The quantitative estimate of drug-likeness (QED) is 0.730. The monoisotopic (exact) mass is 384 g/mol. The van der Waals surface area contributed by atoms with E-state index in [1.165, 1.54) is 0 Å². The van der Waals surface area contributed by atoms with E-state index < -0.39 is 0 Å². The number of aromatic nitrogens is 2. The molecule has 0 N–H and O–H groups in total. The van der Waals surface area contributed by atoms with Crippen molar-refractivity contribution < 1.29 is 14.3 Å². The van der Waals surface area contributed by atoms with Crippen LogP contribution in [0.25, 0.3) is 11.3 Å². The molecule has 1 aromatic heterocycles. The highest BCUT2D eigenvalue weighted by atomic mass is 16.5. The third-order valence-electron chi connectivity index (χ3n) is 5.02. The molecule has 1 aliphatic heterocycles. The van der Waals surface area contributed by atoms with E-state index in [4.69, 9.17) is 9.47 Å². The zero-order chi connectivity index (χ0) is 19.9. The lowest BCUT2D eigenvalue weighted by molar-refractivity contribution is -0.134. The van der Waals surface area contributed by atoms with Crippen LogP contribution in [-0.4, -0.2) is 72.1 Å². The lowest BCUT2D eigenvalue weighted by atomic mass is 10.0. The highest BCUT2D eigenvalue weighted by Crippen LogP contribution is 2.29. The van der Waals surface area contributed by atoms with Crippen LogP contribution in [-0.2, 0) is 9.53 Å². The Morgan fingerprint density at radius 3 is 2.61 bits per heavy atom. The summed E-state index contributed by atoms with van der Waals surface area (Å²) in [4.78, 5) is 25.6. The van der Waals surface area contributed by atoms with E-state index in [2.05, 4.69) is 14.9 Å². The average Bonchev–Trinajstić information content (AvgIpc) is 2.75. The van der Waals surface area contributed by atoms with Crippen molar-refractivity contribution in [2.75, 3.05) is 46.4 Å². The van der Waals surface area contributed by atoms with E-state index in [9.17, 15) is 4.79 Å². The molecule has 0 spiro atoms. The third kappa shape index (κ3) is 4.66. The first-order chi connectivity index (χ1) is 13.7. The molecular formula is C21H28N4O3. The summed E-state index contributed by atoms with van der Waals surface area (Å²) in [5, 5.41) is 0. The predicted octanol–water partition coefficient (Wildman–Crippen LogP) is 2.39. The number of carbonyl (C=O) groups excluding carboxylic acids is 1. The van der Waals surface area contributed by atoms with E-state index in [0.717, 1.165) is 42.3 Å². The van der Waals surface area contributed by atoms with Crippen LogP contribution in [0.4, 0.5) is 0 Å². The molecule has 0 aliphatic carbocycles. The Balaban J connectivity index is 1.77. The van der Waals surface area contributed by atoms with Gasteiger partial charge < -0.3 is 14.4 Å². The molecular weight excluding hydrogens is 356 g/mol. The van der Waals surface area contributed by atoms with Gasteiger partial charge in [-0.15, -0.1) is 0 Å². The van der Waals surface area contributed by atoms with Gasteiger partial charge in [0.2, 0.25) is 5.91 Å². The van der Waals surface area contributed by atoms with Crippen molar-refractivity contribution in [2.24, 2.45) is 0 Å². The molecule has 0 radical (unpaired) electrons. The van der Waals surface area contributed by atoms with Gasteiger partial charge in [-0.05, 0) is 38.1 Å². The Hall–Kier alpha value is -2.51. The number of rotatable bonds is 7. The van der Waals surface area contributed by atoms with Gasteiger partial charge in [0.15, 0.2) is 0 Å². The maximum atomic E-state index is 12.5. The fourth-order valence-corrected chi connectivity index (χ4v) is 3.43. The van der Waals surface area contributed by atoms with Gasteiger partial charge in [0.05, 0.1) is 31.6 Å². The second kappa shape index (κ2) is 9.61. The Kier molecular flexibility index (Phi) is 6.95.